The van der Waals surface area contributed by atoms with Gasteiger partial charge in [0.05, 0.1) is 6.10 Å². The van der Waals surface area contributed by atoms with Crippen molar-refractivity contribution in [1.82, 2.24) is 5.32 Å². The van der Waals surface area contributed by atoms with Crippen molar-refractivity contribution in [3.8, 4) is 0 Å². The Bertz CT molecular complexity index is 299. The van der Waals surface area contributed by atoms with Crippen LogP contribution in [0, 0.1) is 5.92 Å². The van der Waals surface area contributed by atoms with E-state index in [0.29, 0.717) is 13.1 Å². The fourth-order valence-electron chi connectivity index (χ4n) is 1.29. The molecule has 0 aliphatic heterocycles. The summed E-state index contributed by atoms with van der Waals surface area (Å²) in [7, 11) is 0. The molecular weight excluding hydrogens is 188 g/mol. The molecule has 4 N–H and O–H groups in total. The molecule has 0 fully saturated rings. The van der Waals surface area contributed by atoms with Gasteiger partial charge in [0.2, 0.25) is 0 Å². The first kappa shape index (κ1) is 12.0. The van der Waals surface area contributed by atoms with Crippen molar-refractivity contribution in [2.45, 2.75) is 26.5 Å². The fraction of sp³-hybridized carbons (Fsp3) is 0.500. The predicted molar refractivity (Wildman–Crippen MR) is 63.4 cm³/mol. The van der Waals surface area contributed by atoms with Gasteiger partial charge in [0.25, 0.3) is 0 Å². The summed E-state index contributed by atoms with van der Waals surface area (Å²) >= 11 is 0. The van der Waals surface area contributed by atoms with Gasteiger partial charge in [-0.3, -0.25) is 0 Å². The smallest absolute Gasteiger partial charge is 0.0687 e. The predicted octanol–water partition coefficient (Wildman–Crippen LogP) is 1.38. The highest BCUT2D eigenvalue weighted by Gasteiger charge is 2.08. The molecule has 3 heteroatoms. The third kappa shape index (κ3) is 3.90. The number of nitrogens with one attached hydrogen (secondary N) is 1. The van der Waals surface area contributed by atoms with Crippen molar-refractivity contribution in [3.63, 3.8) is 0 Å². The minimum Gasteiger partial charge on any atom is -0.398 e. The van der Waals surface area contributed by atoms with Gasteiger partial charge >= 0.3 is 0 Å². The quantitative estimate of drug-likeness (QED) is 0.641. The van der Waals surface area contributed by atoms with Crippen LogP contribution in [0.25, 0.3) is 0 Å². The van der Waals surface area contributed by atoms with E-state index in [1.807, 2.05) is 38.1 Å². The lowest BCUT2D eigenvalue weighted by molar-refractivity contribution is 0.123. The number of rotatable bonds is 5. The average Bonchev–Trinajstić information content (AvgIpc) is 2.20. The maximum atomic E-state index is 9.58. The second-order valence-corrected chi connectivity index (χ2v) is 4.14. The summed E-state index contributed by atoms with van der Waals surface area (Å²) in [6.45, 7) is 5.31. The van der Waals surface area contributed by atoms with Crippen LogP contribution in [0.4, 0.5) is 5.69 Å². The Morgan fingerprint density at radius 3 is 2.60 bits per heavy atom. The molecule has 0 saturated carbocycles. The number of hydrogen-bond acceptors (Lipinski definition) is 3. The van der Waals surface area contributed by atoms with Crippen LogP contribution in [0.5, 0.6) is 0 Å². The molecule has 1 unspecified atom stereocenters. The van der Waals surface area contributed by atoms with Gasteiger partial charge in [-0.15, -0.1) is 0 Å². The lowest BCUT2D eigenvalue weighted by Gasteiger charge is -2.15. The van der Waals surface area contributed by atoms with Gasteiger partial charge in [0, 0.05) is 18.8 Å². The first-order chi connectivity index (χ1) is 7.11. The van der Waals surface area contributed by atoms with Crippen LogP contribution in [0.1, 0.15) is 19.4 Å². The van der Waals surface area contributed by atoms with Crippen molar-refractivity contribution in [2.24, 2.45) is 5.92 Å². The topological polar surface area (TPSA) is 58.3 Å². The van der Waals surface area contributed by atoms with Gasteiger partial charge in [-0.1, -0.05) is 32.0 Å². The van der Waals surface area contributed by atoms with Crippen LogP contribution in [0.15, 0.2) is 24.3 Å². The molecule has 0 aliphatic rings. The number of aliphatic hydroxyl groups excluding tert-OH is 1. The molecular formula is C12H20N2O. The lowest BCUT2D eigenvalue weighted by Crippen LogP contribution is -2.30. The number of benzene rings is 1. The van der Waals surface area contributed by atoms with Crippen LogP contribution in [0.2, 0.25) is 0 Å². The number of aliphatic hydroxyl groups is 1. The second kappa shape index (κ2) is 5.73. The standard InChI is InChI=1S/C12H20N2O/c1-9(2)12(15)8-14-7-10-5-3-4-6-11(10)13/h3-6,9,12,14-15H,7-8,13H2,1-2H3. The van der Waals surface area contributed by atoms with E-state index in [1.54, 1.807) is 0 Å². The number of nitrogens with two attached hydrogens (primary N) is 1. The Hall–Kier alpha value is -1.06. The Balaban J connectivity index is 2.35. The first-order valence-corrected chi connectivity index (χ1v) is 5.33. The molecule has 1 aromatic rings. The van der Waals surface area contributed by atoms with Crippen molar-refractivity contribution >= 4 is 5.69 Å². The summed E-state index contributed by atoms with van der Waals surface area (Å²) in [5.74, 6) is 0.283. The van der Waals surface area contributed by atoms with E-state index < -0.39 is 0 Å². The number of hydrogen-bond donors (Lipinski definition) is 3. The van der Waals surface area contributed by atoms with Crippen molar-refractivity contribution in [3.05, 3.63) is 29.8 Å². The molecule has 0 spiro atoms. The van der Waals surface area contributed by atoms with Crippen molar-refractivity contribution in [2.75, 3.05) is 12.3 Å². The summed E-state index contributed by atoms with van der Waals surface area (Å²) < 4.78 is 0. The third-order valence-electron chi connectivity index (χ3n) is 2.49. The molecule has 1 atom stereocenters. The molecule has 0 heterocycles. The second-order valence-electron chi connectivity index (χ2n) is 4.14. The van der Waals surface area contributed by atoms with Gasteiger partial charge in [-0.05, 0) is 17.5 Å². The van der Waals surface area contributed by atoms with Crippen LogP contribution >= 0.6 is 0 Å². The van der Waals surface area contributed by atoms with Crippen LogP contribution in [0.3, 0.4) is 0 Å². The Morgan fingerprint density at radius 2 is 2.00 bits per heavy atom. The highest BCUT2D eigenvalue weighted by Crippen LogP contribution is 2.09. The third-order valence-corrected chi connectivity index (χ3v) is 2.49. The SMILES string of the molecule is CC(C)C(O)CNCc1ccccc1N. The Labute approximate surface area is 91.3 Å². The van der Waals surface area contributed by atoms with Crippen LogP contribution in [-0.2, 0) is 6.54 Å². The van der Waals surface area contributed by atoms with Crippen LogP contribution < -0.4 is 11.1 Å². The highest BCUT2D eigenvalue weighted by atomic mass is 16.3. The zero-order valence-electron chi connectivity index (χ0n) is 9.40. The lowest BCUT2D eigenvalue weighted by atomic mass is 10.1. The molecule has 84 valence electrons. The van der Waals surface area contributed by atoms with E-state index in [0.717, 1.165) is 11.3 Å². The Morgan fingerprint density at radius 1 is 1.33 bits per heavy atom. The molecule has 0 bridgehead atoms. The number of para-hydroxylation sites is 1. The zero-order chi connectivity index (χ0) is 11.3. The summed E-state index contributed by atoms with van der Waals surface area (Å²) in [4.78, 5) is 0. The molecule has 0 amide bonds. The van der Waals surface area contributed by atoms with E-state index in [-0.39, 0.29) is 12.0 Å². The minimum atomic E-state index is -0.296. The van der Waals surface area contributed by atoms with Crippen LogP contribution in [-0.4, -0.2) is 17.8 Å². The van der Waals surface area contributed by atoms with E-state index in [1.165, 1.54) is 0 Å². The largest absolute Gasteiger partial charge is 0.398 e. The van der Waals surface area contributed by atoms with Crippen molar-refractivity contribution in [1.29, 1.82) is 0 Å². The molecule has 0 aromatic heterocycles. The Kier molecular flexibility index (Phi) is 4.59. The molecule has 3 nitrogen and oxygen atoms in total. The number of anilines is 1. The molecule has 0 saturated heterocycles. The summed E-state index contributed by atoms with van der Waals surface area (Å²) in [5.41, 5.74) is 7.67. The summed E-state index contributed by atoms with van der Waals surface area (Å²) in [6.07, 6.45) is -0.296. The molecule has 1 rings (SSSR count). The van der Waals surface area contributed by atoms with Gasteiger partial charge < -0.3 is 16.2 Å². The van der Waals surface area contributed by atoms with E-state index in [9.17, 15) is 5.11 Å². The fourth-order valence-corrected chi connectivity index (χ4v) is 1.29. The molecule has 0 radical (unpaired) electrons. The van der Waals surface area contributed by atoms with E-state index >= 15 is 0 Å². The first-order valence-electron chi connectivity index (χ1n) is 5.33. The highest BCUT2D eigenvalue weighted by molar-refractivity contribution is 5.46. The zero-order valence-corrected chi connectivity index (χ0v) is 9.40. The van der Waals surface area contributed by atoms with Gasteiger partial charge in [0.1, 0.15) is 0 Å². The van der Waals surface area contributed by atoms with Gasteiger partial charge in [-0.25, -0.2) is 0 Å². The maximum absolute atomic E-state index is 9.58. The minimum absolute atomic E-state index is 0.283. The van der Waals surface area contributed by atoms with E-state index in [4.69, 9.17) is 5.73 Å². The van der Waals surface area contributed by atoms with Gasteiger partial charge in [0.15, 0.2) is 0 Å². The monoisotopic (exact) mass is 208 g/mol. The summed E-state index contributed by atoms with van der Waals surface area (Å²) in [5, 5.41) is 12.8. The number of nitrogen functional groups attached to an aromatic ring is 1. The normalized spacial score (nSPS) is 13.1. The summed E-state index contributed by atoms with van der Waals surface area (Å²) in [6, 6.07) is 7.76. The van der Waals surface area contributed by atoms with E-state index in [2.05, 4.69) is 5.32 Å². The van der Waals surface area contributed by atoms with Crippen molar-refractivity contribution < 1.29 is 5.11 Å². The molecule has 0 aliphatic carbocycles. The molecule has 1 aromatic carbocycles. The van der Waals surface area contributed by atoms with Gasteiger partial charge in [-0.2, -0.15) is 0 Å². The molecule has 15 heavy (non-hydrogen) atoms. The maximum Gasteiger partial charge on any atom is 0.0687 e. The average molecular weight is 208 g/mol.